The van der Waals surface area contributed by atoms with Gasteiger partial charge >= 0.3 is 0 Å². The van der Waals surface area contributed by atoms with E-state index in [2.05, 4.69) is 20.2 Å². The fraction of sp³-hybridized carbons (Fsp3) is 0.500. The molecule has 2 heterocycles. The number of hydrogen-bond acceptors (Lipinski definition) is 6. The highest BCUT2D eigenvalue weighted by molar-refractivity contribution is 7.15. The number of aliphatic hydroxyl groups excluding tert-OH is 1. The summed E-state index contributed by atoms with van der Waals surface area (Å²) < 4.78 is 0. The molecule has 18 heavy (non-hydrogen) atoms. The predicted molar refractivity (Wildman–Crippen MR) is 74.2 cm³/mol. The van der Waals surface area contributed by atoms with E-state index < -0.39 is 0 Å². The first-order valence-corrected chi connectivity index (χ1v) is 7.76. The summed E-state index contributed by atoms with van der Waals surface area (Å²) in [6, 6.07) is 0. The topological polar surface area (TPSA) is 49.2 Å². The molecule has 2 aromatic heterocycles. The second-order valence-corrected chi connectivity index (χ2v) is 6.28. The molecule has 1 aliphatic rings. The van der Waals surface area contributed by atoms with Gasteiger partial charge in [-0.05, 0) is 19.3 Å². The summed E-state index contributed by atoms with van der Waals surface area (Å²) in [6.45, 7) is 0.770. The minimum atomic E-state index is -0.312. The van der Waals surface area contributed by atoms with Crippen LogP contribution in [0.2, 0.25) is 0 Å². The van der Waals surface area contributed by atoms with Crippen LogP contribution in [0.3, 0.4) is 0 Å². The fourth-order valence-corrected chi connectivity index (χ4v) is 3.82. The number of rotatable bonds is 3. The second-order valence-electron chi connectivity index (χ2n) is 4.55. The maximum Gasteiger partial charge on any atom is 0.185 e. The number of anilines is 1. The van der Waals surface area contributed by atoms with Gasteiger partial charge in [0.05, 0.1) is 34.4 Å². The molecule has 1 unspecified atom stereocenters. The molecule has 0 saturated heterocycles. The molecule has 2 aromatic rings. The Labute approximate surface area is 114 Å². The van der Waals surface area contributed by atoms with Gasteiger partial charge in [0.25, 0.3) is 0 Å². The number of nitrogens with zero attached hydrogens (tertiary/aromatic N) is 3. The molecule has 1 N–H and O–H groups in total. The molecule has 6 heteroatoms. The summed E-state index contributed by atoms with van der Waals surface area (Å²) >= 11 is 3.22. The van der Waals surface area contributed by atoms with Gasteiger partial charge in [0, 0.05) is 12.4 Å². The molecular formula is C12H15N3OS2. The Morgan fingerprint density at radius 1 is 1.56 bits per heavy atom. The quantitative estimate of drug-likeness (QED) is 0.939. The Kier molecular flexibility index (Phi) is 3.32. The fourth-order valence-electron chi connectivity index (χ4n) is 2.17. The van der Waals surface area contributed by atoms with Crippen molar-refractivity contribution in [3.05, 3.63) is 27.2 Å². The van der Waals surface area contributed by atoms with Crippen LogP contribution in [0.4, 0.5) is 5.13 Å². The standard InChI is InChI=1S/C12H15N3OS2/c1-15(5-8-6-17-7-13-8)12-14-9-3-2-4-10(16)11(9)18-12/h6-7,10,16H,2-5H2,1H3. The Balaban J connectivity index is 1.80. The van der Waals surface area contributed by atoms with Crippen LogP contribution in [-0.2, 0) is 13.0 Å². The summed E-state index contributed by atoms with van der Waals surface area (Å²) in [5, 5.41) is 13.0. The van der Waals surface area contributed by atoms with Gasteiger partial charge < -0.3 is 10.0 Å². The molecule has 0 radical (unpaired) electrons. The zero-order chi connectivity index (χ0) is 12.5. The summed E-state index contributed by atoms with van der Waals surface area (Å²) in [5.74, 6) is 0. The minimum Gasteiger partial charge on any atom is -0.388 e. The van der Waals surface area contributed by atoms with E-state index in [0.29, 0.717) is 0 Å². The lowest BCUT2D eigenvalue weighted by molar-refractivity contribution is 0.160. The van der Waals surface area contributed by atoms with Crippen molar-refractivity contribution in [2.75, 3.05) is 11.9 Å². The lowest BCUT2D eigenvalue weighted by Crippen LogP contribution is -2.16. The molecule has 0 aromatic carbocycles. The van der Waals surface area contributed by atoms with Gasteiger partial charge in [0.2, 0.25) is 0 Å². The van der Waals surface area contributed by atoms with E-state index in [4.69, 9.17) is 0 Å². The van der Waals surface area contributed by atoms with Crippen LogP contribution < -0.4 is 4.90 Å². The number of hydrogen-bond donors (Lipinski definition) is 1. The lowest BCUT2D eigenvalue weighted by Gasteiger charge is -2.14. The van der Waals surface area contributed by atoms with Gasteiger partial charge in [-0.15, -0.1) is 11.3 Å². The first kappa shape index (κ1) is 12.1. The van der Waals surface area contributed by atoms with Crippen molar-refractivity contribution in [1.29, 1.82) is 0 Å². The normalized spacial score (nSPS) is 18.7. The third-order valence-electron chi connectivity index (χ3n) is 3.12. The molecule has 1 atom stereocenters. The molecule has 0 spiro atoms. The first-order valence-electron chi connectivity index (χ1n) is 6.00. The Morgan fingerprint density at radius 3 is 3.17 bits per heavy atom. The number of aliphatic hydroxyl groups is 1. The predicted octanol–water partition coefficient (Wildman–Crippen LogP) is 2.61. The highest BCUT2D eigenvalue weighted by Gasteiger charge is 2.23. The molecule has 4 nitrogen and oxygen atoms in total. The summed E-state index contributed by atoms with van der Waals surface area (Å²) in [4.78, 5) is 12.1. The van der Waals surface area contributed by atoms with Crippen LogP contribution in [0.25, 0.3) is 0 Å². The zero-order valence-corrected chi connectivity index (χ0v) is 11.8. The van der Waals surface area contributed by atoms with Crippen LogP contribution in [-0.4, -0.2) is 22.1 Å². The molecule has 0 fully saturated rings. The van der Waals surface area contributed by atoms with Crippen LogP contribution in [0.1, 0.15) is 35.2 Å². The average Bonchev–Trinajstić information content (AvgIpc) is 2.97. The highest BCUT2D eigenvalue weighted by Crippen LogP contribution is 2.37. The third-order valence-corrected chi connectivity index (χ3v) is 5.07. The van der Waals surface area contributed by atoms with E-state index in [1.807, 2.05) is 12.6 Å². The van der Waals surface area contributed by atoms with Crippen molar-refractivity contribution >= 4 is 27.8 Å². The minimum absolute atomic E-state index is 0.312. The smallest absolute Gasteiger partial charge is 0.185 e. The van der Waals surface area contributed by atoms with Gasteiger partial charge in [-0.25, -0.2) is 9.97 Å². The summed E-state index contributed by atoms with van der Waals surface area (Å²) in [5.41, 5.74) is 4.00. The average molecular weight is 281 g/mol. The van der Waals surface area contributed by atoms with Crippen LogP contribution in [0.15, 0.2) is 10.9 Å². The number of thiazole rings is 2. The highest BCUT2D eigenvalue weighted by atomic mass is 32.1. The second kappa shape index (κ2) is 4.95. The van der Waals surface area contributed by atoms with E-state index >= 15 is 0 Å². The van der Waals surface area contributed by atoms with E-state index in [9.17, 15) is 5.11 Å². The van der Waals surface area contributed by atoms with E-state index in [1.54, 1.807) is 22.7 Å². The molecule has 0 amide bonds. The largest absolute Gasteiger partial charge is 0.388 e. The lowest BCUT2D eigenvalue weighted by atomic mass is 10.0. The molecule has 0 aliphatic heterocycles. The van der Waals surface area contributed by atoms with E-state index in [1.165, 1.54) is 0 Å². The van der Waals surface area contributed by atoms with Crippen molar-refractivity contribution in [1.82, 2.24) is 9.97 Å². The van der Waals surface area contributed by atoms with Gasteiger partial charge in [-0.3, -0.25) is 0 Å². The van der Waals surface area contributed by atoms with Gasteiger partial charge in [0.1, 0.15) is 0 Å². The van der Waals surface area contributed by atoms with Gasteiger partial charge in [-0.1, -0.05) is 11.3 Å². The van der Waals surface area contributed by atoms with E-state index in [-0.39, 0.29) is 6.10 Å². The number of aryl methyl sites for hydroxylation is 1. The Hall–Kier alpha value is -0.980. The number of fused-ring (bicyclic) bond motifs is 1. The summed E-state index contributed by atoms with van der Waals surface area (Å²) in [6.07, 6.45) is 2.58. The van der Waals surface area contributed by atoms with Crippen molar-refractivity contribution < 1.29 is 5.11 Å². The van der Waals surface area contributed by atoms with Crippen LogP contribution in [0, 0.1) is 0 Å². The van der Waals surface area contributed by atoms with Crippen LogP contribution >= 0.6 is 22.7 Å². The maximum atomic E-state index is 9.95. The van der Waals surface area contributed by atoms with E-state index in [0.717, 1.165) is 47.2 Å². The molecule has 0 saturated carbocycles. The Bertz CT molecular complexity index is 523. The third kappa shape index (κ3) is 2.28. The molecule has 3 rings (SSSR count). The van der Waals surface area contributed by atoms with Crippen molar-refractivity contribution in [3.8, 4) is 0 Å². The Morgan fingerprint density at radius 2 is 2.44 bits per heavy atom. The number of aromatic nitrogens is 2. The van der Waals surface area contributed by atoms with Crippen LogP contribution in [0.5, 0.6) is 0 Å². The SMILES string of the molecule is CN(Cc1cscn1)c1nc2c(s1)C(O)CCC2. The van der Waals surface area contributed by atoms with Gasteiger partial charge in [0.15, 0.2) is 5.13 Å². The first-order chi connectivity index (χ1) is 8.74. The molecule has 96 valence electrons. The monoisotopic (exact) mass is 281 g/mol. The van der Waals surface area contributed by atoms with Crippen molar-refractivity contribution in [3.63, 3.8) is 0 Å². The van der Waals surface area contributed by atoms with Crippen molar-refractivity contribution in [2.24, 2.45) is 0 Å². The molecule has 0 bridgehead atoms. The molecule has 1 aliphatic carbocycles. The summed E-state index contributed by atoms with van der Waals surface area (Å²) in [7, 11) is 2.02. The van der Waals surface area contributed by atoms with Gasteiger partial charge in [-0.2, -0.15) is 0 Å². The van der Waals surface area contributed by atoms with Crippen molar-refractivity contribution in [2.45, 2.75) is 31.9 Å². The maximum absolute atomic E-state index is 9.95. The molecular weight excluding hydrogens is 266 g/mol. The zero-order valence-electron chi connectivity index (χ0n) is 10.2.